The number of halogens is 2. The second kappa shape index (κ2) is 4.83. The zero-order valence-electron chi connectivity index (χ0n) is 9.69. The van der Waals surface area contributed by atoms with Gasteiger partial charge in [-0.2, -0.15) is 0 Å². The zero-order valence-corrected chi connectivity index (χ0v) is 12.0. The molecule has 0 aliphatic carbocycles. The van der Waals surface area contributed by atoms with Gasteiger partial charge >= 0.3 is 0 Å². The molecule has 0 atom stereocenters. The summed E-state index contributed by atoms with van der Waals surface area (Å²) in [6.45, 7) is 0. The summed E-state index contributed by atoms with van der Waals surface area (Å²) in [7, 11) is 0. The lowest BCUT2D eigenvalue weighted by Crippen LogP contribution is -1.98. The number of hydrogen-bond donors (Lipinski definition) is 0. The minimum atomic E-state index is -0.129. The Morgan fingerprint density at radius 2 is 1.95 bits per heavy atom. The number of hydrogen-bond acceptors (Lipinski definition) is 2. The van der Waals surface area contributed by atoms with Crippen molar-refractivity contribution in [3.05, 3.63) is 68.8 Å². The van der Waals surface area contributed by atoms with Gasteiger partial charge in [0, 0.05) is 9.50 Å². The fraction of sp³-hybridized carbons (Fsp3) is 0. The van der Waals surface area contributed by atoms with Crippen molar-refractivity contribution >= 4 is 39.4 Å². The van der Waals surface area contributed by atoms with E-state index in [2.05, 4.69) is 15.9 Å². The number of carbonyl (C=O) groups is 1. The summed E-state index contributed by atoms with van der Waals surface area (Å²) in [6, 6.07) is 12.7. The molecule has 1 heterocycles. The molecule has 0 amide bonds. The van der Waals surface area contributed by atoms with Gasteiger partial charge in [-0.15, -0.1) is 0 Å². The monoisotopic (exact) mass is 334 g/mol. The van der Waals surface area contributed by atoms with Gasteiger partial charge in [0.1, 0.15) is 5.75 Å². The van der Waals surface area contributed by atoms with E-state index < -0.39 is 0 Å². The lowest BCUT2D eigenvalue weighted by atomic mass is 10.1. The van der Waals surface area contributed by atoms with E-state index in [9.17, 15) is 4.79 Å². The maximum atomic E-state index is 12.2. The standard InChI is InChI=1S/C15H8BrClO2/c16-10-5-6-13-11(8-10)15(18)14(19-13)7-9-3-1-2-4-12(9)17/h1-8H/b14-7-. The van der Waals surface area contributed by atoms with Crippen LogP contribution in [0.5, 0.6) is 5.75 Å². The molecule has 2 nitrogen and oxygen atoms in total. The second-order valence-corrected chi connectivity index (χ2v) is 5.42. The Labute approximate surface area is 123 Å². The Hall–Kier alpha value is -1.58. The molecule has 0 saturated carbocycles. The first kappa shape index (κ1) is 12.5. The molecule has 0 saturated heterocycles. The van der Waals surface area contributed by atoms with Crippen molar-refractivity contribution in [1.82, 2.24) is 0 Å². The van der Waals surface area contributed by atoms with Gasteiger partial charge < -0.3 is 4.74 Å². The van der Waals surface area contributed by atoms with Crippen LogP contribution in [0.4, 0.5) is 0 Å². The van der Waals surface area contributed by atoms with E-state index in [1.165, 1.54) is 0 Å². The Morgan fingerprint density at radius 3 is 2.74 bits per heavy atom. The van der Waals surface area contributed by atoms with E-state index in [1.54, 1.807) is 24.3 Å². The maximum Gasteiger partial charge on any atom is 0.232 e. The normalized spacial score (nSPS) is 15.5. The number of ether oxygens (including phenoxy) is 1. The van der Waals surface area contributed by atoms with Crippen LogP contribution < -0.4 is 4.74 Å². The smallest absolute Gasteiger partial charge is 0.232 e. The Bertz CT molecular complexity index is 707. The SMILES string of the molecule is O=C1/C(=C/c2ccccc2Cl)Oc2ccc(Br)cc21. The number of allylic oxidation sites excluding steroid dienone is 1. The molecule has 0 fully saturated rings. The lowest BCUT2D eigenvalue weighted by Gasteiger charge is -2.00. The van der Waals surface area contributed by atoms with E-state index in [-0.39, 0.29) is 5.78 Å². The summed E-state index contributed by atoms with van der Waals surface area (Å²) in [5.41, 5.74) is 1.33. The predicted octanol–water partition coefficient (Wildman–Crippen LogP) is 4.72. The molecular formula is C15H8BrClO2. The fourth-order valence-corrected chi connectivity index (χ4v) is 2.45. The lowest BCUT2D eigenvalue weighted by molar-refractivity contribution is 0.101. The molecule has 0 unspecified atom stereocenters. The number of ketones is 1. The maximum absolute atomic E-state index is 12.2. The summed E-state index contributed by atoms with van der Waals surface area (Å²) < 4.78 is 6.41. The van der Waals surface area contributed by atoms with E-state index in [0.717, 1.165) is 10.0 Å². The van der Waals surface area contributed by atoms with E-state index in [4.69, 9.17) is 16.3 Å². The van der Waals surface area contributed by atoms with Gasteiger partial charge in [-0.1, -0.05) is 45.7 Å². The topological polar surface area (TPSA) is 26.3 Å². The first-order valence-electron chi connectivity index (χ1n) is 5.63. The van der Waals surface area contributed by atoms with Crippen molar-refractivity contribution < 1.29 is 9.53 Å². The van der Waals surface area contributed by atoms with E-state index in [1.807, 2.05) is 24.3 Å². The Balaban J connectivity index is 2.03. The van der Waals surface area contributed by atoms with Crippen LogP contribution in [0.1, 0.15) is 15.9 Å². The highest BCUT2D eigenvalue weighted by atomic mass is 79.9. The quantitative estimate of drug-likeness (QED) is 0.705. The first-order chi connectivity index (χ1) is 9.15. The van der Waals surface area contributed by atoms with Crippen LogP contribution >= 0.6 is 27.5 Å². The third kappa shape index (κ3) is 2.31. The molecule has 4 heteroatoms. The molecule has 0 spiro atoms. The van der Waals surface area contributed by atoms with Crippen molar-refractivity contribution in [2.45, 2.75) is 0 Å². The molecule has 1 aliphatic rings. The molecule has 0 radical (unpaired) electrons. The third-order valence-electron chi connectivity index (χ3n) is 2.82. The van der Waals surface area contributed by atoms with Gasteiger partial charge in [-0.25, -0.2) is 0 Å². The van der Waals surface area contributed by atoms with Crippen LogP contribution in [-0.2, 0) is 0 Å². The minimum Gasteiger partial charge on any atom is -0.452 e. The molecule has 2 aromatic carbocycles. The summed E-state index contributed by atoms with van der Waals surface area (Å²) in [4.78, 5) is 12.2. The van der Waals surface area contributed by atoms with Gasteiger partial charge in [0.25, 0.3) is 0 Å². The summed E-state index contributed by atoms with van der Waals surface area (Å²) in [6.07, 6.45) is 1.67. The van der Waals surface area contributed by atoms with Crippen molar-refractivity contribution in [2.24, 2.45) is 0 Å². The Kier molecular flexibility index (Phi) is 3.17. The van der Waals surface area contributed by atoms with E-state index in [0.29, 0.717) is 22.1 Å². The van der Waals surface area contributed by atoms with Crippen LogP contribution in [0, 0.1) is 0 Å². The molecule has 0 N–H and O–H groups in total. The number of carbonyl (C=O) groups excluding carboxylic acids is 1. The highest BCUT2D eigenvalue weighted by Crippen LogP contribution is 2.34. The summed E-state index contributed by atoms with van der Waals surface area (Å²) >= 11 is 9.41. The zero-order chi connectivity index (χ0) is 13.4. The van der Waals surface area contributed by atoms with Gasteiger partial charge in [0.05, 0.1) is 5.56 Å². The van der Waals surface area contributed by atoms with Gasteiger partial charge in [0.15, 0.2) is 5.76 Å². The highest BCUT2D eigenvalue weighted by Gasteiger charge is 2.27. The van der Waals surface area contributed by atoms with Gasteiger partial charge in [0.2, 0.25) is 5.78 Å². The van der Waals surface area contributed by atoms with Crippen molar-refractivity contribution in [2.75, 3.05) is 0 Å². The number of fused-ring (bicyclic) bond motifs is 1. The number of Topliss-reactive ketones (excluding diaryl/α,β-unsaturated/α-hetero) is 1. The van der Waals surface area contributed by atoms with Crippen molar-refractivity contribution in [3.63, 3.8) is 0 Å². The van der Waals surface area contributed by atoms with Gasteiger partial charge in [-0.05, 0) is 35.9 Å². The molecule has 0 aromatic heterocycles. The number of benzene rings is 2. The fourth-order valence-electron chi connectivity index (χ4n) is 1.89. The predicted molar refractivity (Wildman–Crippen MR) is 78.5 cm³/mol. The largest absolute Gasteiger partial charge is 0.452 e. The van der Waals surface area contributed by atoms with Crippen molar-refractivity contribution in [1.29, 1.82) is 0 Å². The van der Waals surface area contributed by atoms with Crippen LogP contribution in [0.2, 0.25) is 5.02 Å². The van der Waals surface area contributed by atoms with E-state index >= 15 is 0 Å². The first-order valence-corrected chi connectivity index (χ1v) is 6.80. The van der Waals surface area contributed by atoms with Crippen LogP contribution in [-0.4, -0.2) is 5.78 Å². The average molecular weight is 336 g/mol. The van der Waals surface area contributed by atoms with Crippen molar-refractivity contribution in [3.8, 4) is 5.75 Å². The molecule has 0 bridgehead atoms. The number of rotatable bonds is 1. The second-order valence-electron chi connectivity index (χ2n) is 4.10. The molecule has 1 aliphatic heterocycles. The van der Waals surface area contributed by atoms with Crippen LogP contribution in [0.25, 0.3) is 6.08 Å². The minimum absolute atomic E-state index is 0.129. The molecule has 3 rings (SSSR count). The molecular weight excluding hydrogens is 328 g/mol. The van der Waals surface area contributed by atoms with Crippen LogP contribution in [0.3, 0.4) is 0 Å². The highest BCUT2D eigenvalue weighted by molar-refractivity contribution is 9.10. The Morgan fingerprint density at radius 1 is 1.16 bits per heavy atom. The van der Waals surface area contributed by atoms with Crippen LogP contribution in [0.15, 0.2) is 52.7 Å². The third-order valence-corrected chi connectivity index (χ3v) is 3.66. The molecule has 19 heavy (non-hydrogen) atoms. The average Bonchev–Trinajstić information content (AvgIpc) is 2.70. The molecule has 2 aromatic rings. The summed E-state index contributed by atoms with van der Waals surface area (Å²) in [5.74, 6) is 0.740. The molecule has 94 valence electrons. The van der Waals surface area contributed by atoms with Gasteiger partial charge in [-0.3, -0.25) is 4.79 Å². The summed E-state index contributed by atoms with van der Waals surface area (Å²) in [5, 5.41) is 0.587.